The Bertz CT molecular complexity index is 945. The molecule has 5 nitrogen and oxygen atoms in total. The van der Waals surface area contributed by atoms with Gasteiger partial charge in [-0.3, -0.25) is 0 Å². The molecule has 26 heavy (non-hydrogen) atoms. The molecule has 0 atom stereocenters. The zero-order chi connectivity index (χ0) is 18.1. The van der Waals surface area contributed by atoms with Gasteiger partial charge in [0.25, 0.3) is 0 Å². The molecular weight excluding hydrogens is 333 g/mol. The van der Waals surface area contributed by atoms with Gasteiger partial charge < -0.3 is 19.5 Å². The van der Waals surface area contributed by atoms with Crippen LogP contribution in [0.25, 0.3) is 10.9 Å². The summed E-state index contributed by atoms with van der Waals surface area (Å²) >= 11 is 0. The van der Waals surface area contributed by atoms with E-state index in [1.165, 1.54) is 11.0 Å². The summed E-state index contributed by atoms with van der Waals surface area (Å²) in [6.45, 7) is 2.99. The van der Waals surface area contributed by atoms with Gasteiger partial charge >= 0.3 is 6.09 Å². The first kappa shape index (κ1) is 16.4. The summed E-state index contributed by atoms with van der Waals surface area (Å²) in [7, 11) is 0. The molecule has 0 spiro atoms. The van der Waals surface area contributed by atoms with Crippen molar-refractivity contribution in [2.45, 2.75) is 6.54 Å². The van der Waals surface area contributed by atoms with Crippen LogP contribution in [0.4, 0.5) is 14.9 Å². The average Bonchev–Trinajstić information content (AvgIpc) is 3.05. The standard InChI is InChI=1S/C20H20FN3O2/c21-16-4-1-3-15(13-16)14-24-8-7-17-18(5-2-6-19(17)24)22-9-11-23(12-10-22)20(25)26/h1-8,13H,9-12,14H2,(H,25,26). The molecule has 1 aromatic heterocycles. The highest BCUT2D eigenvalue weighted by Gasteiger charge is 2.22. The molecule has 2 aromatic carbocycles. The molecule has 2 heterocycles. The van der Waals surface area contributed by atoms with Gasteiger partial charge in [0.1, 0.15) is 5.82 Å². The maximum absolute atomic E-state index is 13.4. The third-order valence-corrected chi connectivity index (χ3v) is 4.92. The molecule has 1 saturated heterocycles. The summed E-state index contributed by atoms with van der Waals surface area (Å²) < 4.78 is 15.6. The Morgan fingerprint density at radius 2 is 1.81 bits per heavy atom. The topological polar surface area (TPSA) is 48.7 Å². The van der Waals surface area contributed by atoms with Gasteiger partial charge in [-0.1, -0.05) is 18.2 Å². The van der Waals surface area contributed by atoms with E-state index < -0.39 is 6.09 Å². The van der Waals surface area contributed by atoms with Crippen LogP contribution in [-0.2, 0) is 6.54 Å². The lowest BCUT2D eigenvalue weighted by atomic mass is 10.1. The maximum atomic E-state index is 13.4. The molecule has 1 fully saturated rings. The van der Waals surface area contributed by atoms with E-state index in [1.54, 1.807) is 12.1 Å². The molecule has 0 unspecified atom stereocenters. The summed E-state index contributed by atoms with van der Waals surface area (Å²) in [4.78, 5) is 14.8. The summed E-state index contributed by atoms with van der Waals surface area (Å²) in [6.07, 6.45) is 1.16. The number of hydrogen-bond acceptors (Lipinski definition) is 2. The van der Waals surface area contributed by atoms with Gasteiger partial charge in [-0.25, -0.2) is 9.18 Å². The zero-order valence-electron chi connectivity index (χ0n) is 14.3. The van der Waals surface area contributed by atoms with Crippen molar-refractivity contribution in [1.29, 1.82) is 0 Å². The third-order valence-electron chi connectivity index (χ3n) is 4.92. The van der Waals surface area contributed by atoms with Crippen molar-refractivity contribution in [2.24, 2.45) is 0 Å². The van der Waals surface area contributed by atoms with Crippen molar-refractivity contribution in [2.75, 3.05) is 31.1 Å². The lowest BCUT2D eigenvalue weighted by molar-refractivity contribution is 0.142. The fourth-order valence-electron chi connectivity index (χ4n) is 3.59. The second-order valence-electron chi connectivity index (χ2n) is 6.54. The normalized spacial score (nSPS) is 14.8. The number of fused-ring (bicyclic) bond motifs is 1. The highest BCUT2D eigenvalue weighted by molar-refractivity contribution is 5.93. The number of rotatable bonds is 3. The minimum Gasteiger partial charge on any atom is -0.465 e. The smallest absolute Gasteiger partial charge is 0.407 e. The first-order chi connectivity index (χ1) is 12.6. The molecule has 1 aliphatic rings. The second-order valence-corrected chi connectivity index (χ2v) is 6.54. The largest absolute Gasteiger partial charge is 0.465 e. The Balaban J connectivity index is 1.60. The molecule has 0 aliphatic carbocycles. The Morgan fingerprint density at radius 3 is 2.54 bits per heavy atom. The molecule has 1 aliphatic heterocycles. The van der Waals surface area contributed by atoms with Crippen molar-refractivity contribution in [3.05, 3.63) is 66.1 Å². The first-order valence-corrected chi connectivity index (χ1v) is 8.67. The van der Waals surface area contributed by atoms with E-state index in [4.69, 9.17) is 5.11 Å². The van der Waals surface area contributed by atoms with E-state index in [0.717, 1.165) is 22.2 Å². The van der Waals surface area contributed by atoms with E-state index in [0.29, 0.717) is 32.7 Å². The number of nitrogens with zero attached hydrogens (tertiary/aromatic N) is 3. The van der Waals surface area contributed by atoms with Gasteiger partial charge in [0, 0.05) is 50.0 Å². The van der Waals surface area contributed by atoms with Crippen LogP contribution in [0.1, 0.15) is 5.56 Å². The van der Waals surface area contributed by atoms with Crippen molar-refractivity contribution in [3.63, 3.8) is 0 Å². The number of carboxylic acid groups (broad SMARTS) is 1. The van der Waals surface area contributed by atoms with E-state index >= 15 is 0 Å². The van der Waals surface area contributed by atoms with Crippen LogP contribution in [0, 0.1) is 5.82 Å². The fourth-order valence-corrected chi connectivity index (χ4v) is 3.59. The van der Waals surface area contributed by atoms with Gasteiger partial charge in [-0.2, -0.15) is 0 Å². The van der Waals surface area contributed by atoms with Gasteiger partial charge in [0.05, 0.1) is 5.52 Å². The number of carbonyl (C=O) groups is 1. The fraction of sp³-hybridized carbons (Fsp3) is 0.250. The van der Waals surface area contributed by atoms with Gasteiger partial charge in [0.2, 0.25) is 0 Å². The van der Waals surface area contributed by atoms with Crippen LogP contribution in [0.2, 0.25) is 0 Å². The summed E-state index contributed by atoms with van der Waals surface area (Å²) in [6, 6.07) is 14.9. The molecule has 1 N–H and O–H groups in total. The quantitative estimate of drug-likeness (QED) is 0.782. The molecule has 0 bridgehead atoms. The monoisotopic (exact) mass is 353 g/mol. The number of halogens is 1. The van der Waals surface area contributed by atoms with Crippen LogP contribution < -0.4 is 4.90 Å². The molecular formula is C20H20FN3O2. The Kier molecular flexibility index (Phi) is 4.24. The lowest BCUT2D eigenvalue weighted by Crippen LogP contribution is -2.48. The van der Waals surface area contributed by atoms with Gasteiger partial charge in [-0.05, 0) is 35.9 Å². The number of aromatic nitrogens is 1. The first-order valence-electron chi connectivity index (χ1n) is 8.67. The molecule has 0 saturated carbocycles. The highest BCUT2D eigenvalue weighted by atomic mass is 19.1. The zero-order valence-corrected chi connectivity index (χ0v) is 14.3. The van der Waals surface area contributed by atoms with E-state index in [2.05, 4.69) is 27.7 Å². The Labute approximate surface area is 150 Å². The third kappa shape index (κ3) is 3.10. The van der Waals surface area contributed by atoms with Gasteiger partial charge in [0.15, 0.2) is 0 Å². The molecule has 6 heteroatoms. The molecule has 134 valence electrons. The number of anilines is 1. The maximum Gasteiger partial charge on any atom is 0.407 e. The van der Waals surface area contributed by atoms with Crippen molar-refractivity contribution < 1.29 is 14.3 Å². The Hall–Kier alpha value is -3.02. The second kappa shape index (κ2) is 6.71. The van der Waals surface area contributed by atoms with Crippen molar-refractivity contribution in [1.82, 2.24) is 9.47 Å². The number of benzene rings is 2. The number of hydrogen-bond donors (Lipinski definition) is 1. The number of amides is 1. The highest BCUT2D eigenvalue weighted by Crippen LogP contribution is 2.29. The van der Waals surface area contributed by atoms with Gasteiger partial charge in [-0.15, -0.1) is 0 Å². The van der Waals surface area contributed by atoms with Crippen LogP contribution in [0.15, 0.2) is 54.7 Å². The number of piperazine rings is 1. The van der Waals surface area contributed by atoms with Crippen molar-refractivity contribution >= 4 is 22.7 Å². The van der Waals surface area contributed by atoms with E-state index in [-0.39, 0.29) is 5.82 Å². The Morgan fingerprint density at radius 1 is 1.04 bits per heavy atom. The molecule has 4 rings (SSSR count). The lowest BCUT2D eigenvalue weighted by Gasteiger charge is -2.35. The van der Waals surface area contributed by atoms with Crippen LogP contribution in [-0.4, -0.2) is 46.8 Å². The van der Waals surface area contributed by atoms with Crippen molar-refractivity contribution in [3.8, 4) is 0 Å². The predicted octanol–water partition coefficient (Wildman–Crippen LogP) is 3.63. The molecule has 3 aromatic rings. The van der Waals surface area contributed by atoms with E-state index in [9.17, 15) is 9.18 Å². The summed E-state index contributed by atoms with van der Waals surface area (Å²) in [5.41, 5.74) is 3.13. The van der Waals surface area contributed by atoms with Crippen LogP contribution >= 0.6 is 0 Å². The summed E-state index contributed by atoms with van der Waals surface area (Å²) in [5.74, 6) is -0.226. The van der Waals surface area contributed by atoms with E-state index in [1.807, 2.05) is 18.3 Å². The minimum atomic E-state index is -0.857. The molecule has 0 radical (unpaired) electrons. The van der Waals surface area contributed by atoms with Crippen LogP contribution in [0.3, 0.4) is 0 Å². The predicted molar refractivity (Wildman–Crippen MR) is 99.3 cm³/mol. The van der Waals surface area contributed by atoms with Crippen LogP contribution in [0.5, 0.6) is 0 Å². The average molecular weight is 353 g/mol. The molecule has 1 amide bonds. The minimum absolute atomic E-state index is 0.226. The SMILES string of the molecule is O=C(O)N1CCN(c2cccc3c2ccn3Cc2cccc(F)c2)CC1. The summed E-state index contributed by atoms with van der Waals surface area (Å²) in [5, 5.41) is 10.2.